The minimum Gasteiger partial charge on any atom is -0.496 e. The lowest BCUT2D eigenvalue weighted by atomic mass is 9.99. The highest BCUT2D eigenvalue weighted by atomic mass is 79.9. The van der Waals surface area contributed by atoms with E-state index in [2.05, 4.69) is 15.9 Å². The number of hydrogen-bond donors (Lipinski definition) is 1. The van der Waals surface area contributed by atoms with Gasteiger partial charge in [-0.25, -0.2) is 0 Å². The number of ether oxygens (including phenoxy) is 2. The molecule has 0 fully saturated rings. The summed E-state index contributed by atoms with van der Waals surface area (Å²) in [5.74, 6) is 1.39. The van der Waals surface area contributed by atoms with Crippen molar-refractivity contribution in [2.75, 3.05) is 14.2 Å². The van der Waals surface area contributed by atoms with E-state index in [0.29, 0.717) is 10.8 Å². The second-order valence-corrected chi connectivity index (χ2v) is 5.53. The fourth-order valence-electron chi connectivity index (χ4n) is 1.94. The molecule has 0 radical (unpaired) electrons. The molecular weight excluding hydrogens is 342 g/mol. The summed E-state index contributed by atoms with van der Waals surface area (Å²) in [6.07, 6.45) is 0. The fourth-order valence-corrected chi connectivity index (χ4v) is 2.69. The maximum atomic E-state index is 6.29. The van der Waals surface area contributed by atoms with Crippen molar-refractivity contribution in [3.05, 3.63) is 57.0 Å². The van der Waals surface area contributed by atoms with Crippen LogP contribution in [0.4, 0.5) is 0 Å². The summed E-state index contributed by atoms with van der Waals surface area (Å²) in [5.41, 5.74) is 8.20. The molecule has 0 saturated carbocycles. The lowest BCUT2D eigenvalue weighted by molar-refractivity contribution is 0.411. The quantitative estimate of drug-likeness (QED) is 0.894. The third-order valence-corrected chi connectivity index (χ3v) is 4.00. The van der Waals surface area contributed by atoms with E-state index >= 15 is 0 Å². The Morgan fingerprint density at radius 1 is 1.00 bits per heavy atom. The van der Waals surface area contributed by atoms with Gasteiger partial charge in [0, 0.05) is 0 Å². The zero-order chi connectivity index (χ0) is 14.7. The summed E-state index contributed by atoms with van der Waals surface area (Å²) in [7, 11) is 3.21. The van der Waals surface area contributed by atoms with Crippen LogP contribution in [0.1, 0.15) is 17.2 Å². The van der Waals surface area contributed by atoms with Crippen LogP contribution in [0.5, 0.6) is 11.5 Å². The molecule has 0 bridgehead atoms. The van der Waals surface area contributed by atoms with Crippen LogP contribution in [0.3, 0.4) is 0 Å². The molecule has 20 heavy (non-hydrogen) atoms. The third-order valence-electron chi connectivity index (χ3n) is 3.07. The lowest BCUT2D eigenvalue weighted by Crippen LogP contribution is -2.12. The van der Waals surface area contributed by atoms with Gasteiger partial charge in [-0.3, -0.25) is 0 Å². The van der Waals surface area contributed by atoms with E-state index in [0.717, 1.165) is 21.3 Å². The molecule has 1 unspecified atom stereocenters. The number of methoxy groups -OCH3 is 2. The molecule has 2 N–H and O–H groups in total. The van der Waals surface area contributed by atoms with E-state index < -0.39 is 0 Å². The number of hydrogen-bond acceptors (Lipinski definition) is 3. The van der Waals surface area contributed by atoms with Crippen molar-refractivity contribution in [3.8, 4) is 11.5 Å². The predicted molar refractivity (Wildman–Crippen MR) is 84.7 cm³/mol. The molecular formula is C15H15BrClNO2. The van der Waals surface area contributed by atoms with Crippen molar-refractivity contribution < 1.29 is 9.47 Å². The van der Waals surface area contributed by atoms with Crippen LogP contribution in [0, 0.1) is 0 Å². The van der Waals surface area contributed by atoms with Crippen LogP contribution in [0.15, 0.2) is 40.9 Å². The zero-order valence-corrected chi connectivity index (χ0v) is 13.5. The number of halogens is 2. The molecule has 0 spiro atoms. The van der Waals surface area contributed by atoms with Crippen LogP contribution in [-0.2, 0) is 0 Å². The van der Waals surface area contributed by atoms with Crippen molar-refractivity contribution in [2.24, 2.45) is 5.73 Å². The van der Waals surface area contributed by atoms with Crippen LogP contribution in [0.2, 0.25) is 5.02 Å². The second kappa shape index (κ2) is 6.48. The van der Waals surface area contributed by atoms with Gasteiger partial charge in [-0.05, 0) is 51.3 Å². The molecule has 0 aromatic heterocycles. The normalized spacial score (nSPS) is 12.1. The Balaban J connectivity index is 2.35. The average molecular weight is 357 g/mol. The van der Waals surface area contributed by atoms with Gasteiger partial charge in [0.25, 0.3) is 0 Å². The van der Waals surface area contributed by atoms with E-state index in [1.54, 1.807) is 20.3 Å². The molecule has 2 aromatic carbocycles. The van der Waals surface area contributed by atoms with Gasteiger partial charge in [0.15, 0.2) is 0 Å². The van der Waals surface area contributed by atoms with Crippen molar-refractivity contribution in [1.29, 1.82) is 0 Å². The van der Waals surface area contributed by atoms with Gasteiger partial charge in [-0.1, -0.05) is 23.7 Å². The Morgan fingerprint density at radius 2 is 1.60 bits per heavy atom. The van der Waals surface area contributed by atoms with E-state index in [4.69, 9.17) is 26.8 Å². The Hall–Kier alpha value is -1.23. The maximum Gasteiger partial charge on any atom is 0.137 e. The Morgan fingerprint density at radius 3 is 2.20 bits per heavy atom. The molecule has 2 rings (SSSR count). The van der Waals surface area contributed by atoms with Crippen molar-refractivity contribution >= 4 is 27.5 Å². The van der Waals surface area contributed by atoms with Gasteiger partial charge in [0.1, 0.15) is 11.5 Å². The third kappa shape index (κ3) is 3.08. The van der Waals surface area contributed by atoms with E-state index in [9.17, 15) is 0 Å². The van der Waals surface area contributed by atoms with E-state index in [1.165, 1.54) is 0 Å². The maximum absolute atomic E-state index is 6.29. The molecule has 0 heterocycles. The summed E-state index contributed by atoms with van der Waals surface area (Å²) in [6.45, 7) is 0. The first-order valence-electron chi connectivity index (χ1n) is 5.99. The van der Waals surface area contributed by atoms with Gasteiger partial charge >= 0.3 is 0 Å². The van der Waals surface area contributed by atoms with Gasteiger partial charge in [0.2, 0.25) is 0 Å². The summed E-state index contributed by atoms with van der Waals surface area (Å²) in [6, 6.07) is 11.0. The summed E-state index contributed by atoms with van der Waals surface area (Å²) in [5, 5.41) is 0.569. The number of benzene rings is 2. The summed E-state index contributed by atoms with van der Waals surface area (Å²) >= 11 is 9.48. The fraction of sp³-hybridized carbons (Fsp3) is 0.200. The molecule has 3 nitrogen and oxygen atoms in total. The molecule has 5 heteroatoms. The minimum atomic E-state index is -0.261. The van der Waals surface area contributed by atoms with Gasteiger partial charge in [-0.2, -0.15) is 0 Å². The topological polar surface area (TPSA) is 44.5 Å². The standard InChI is InChI=1S/C15H15BrClNO2/c1-19-13-6-4-9(7-11(13)16)15(18)10-3-5-12(17)14(8-10)20-2/h3-8,15H,18H2,1-2H3. The molecule has 2 aromatic rings. The van der Waals surface area contributed by atoms with Crippen LogP contribution < -0.4 is 15.2 Å². The van der Waals surface area contributed by atoms with E-state index in [1.807, 2.05) is 30.3 Å². The molecule has 0 aliphatic rings. The second-order valence-electron chi connectivity index (χ2n) is 4.27. The highest BCUT2D eigenvalue weighted by Gasteiger charge is 2.13. The first-order chi connectivity index (χ1) is 9.56. The smallest absolute Gasteiger partial charge is 0.137 e. The molecule has 1 atom stereocenters. The average Bonchev–Trinajstić information content (AvgIpc) is 2.47. The summed E-state index contributed by atoms with van der Waals surface area (Å²) < 4.78 is 11.3. The zero-order valence-electron chi connectivity index (χ0n) is 11.2. The minimum absolute atomic E-state index is 0.261. The van der Waals surface area contributed by atoms with Gasteiger partial charge in [-0.15, -0.1) is 0 Å². The van der Waals surface area contributed by atoms with E-state index in [-0.39, 0.29) is 6.04 Å². The molecule has 106 valence electrons. The molecule has 0 amide bonds. The highest BCUT2D eigenvalue weighted by molar-refractivity contribution is 9.10. The van der Waals surface area contributed by atoms with Crippen LogP contribution in [-0.4, -0.2) is 14.2 Å². The number of rotatable bonds is 4. The highest BCUT2D eigenvalue weighted by Crippen LogP contribution is 2.32. The molecule has 0 aliphatic carbocycles. The lowest BCUT2D eigenvalue weighted by Gasteiger charge is -2.15. The Bertz CT molecular complexity index is 619. The van der Waals surface area contributed by atoms with Crippen LogP contribution in [0.25, 0.3) is 0 Å². The largest absolute Gasteiger partial charge is 0.496 e. The first kappa shape index (κ1) is 15.2. The van der Waals surface area contributed by atoms with Gasteiger partial charge < -0.3 is 15.2 Å². The SMILES string of the molecule is COc1cc(C(N)c2ccc(OC)c(Br)c2)ccc1Cl. The summed E-state index contributed by atoms with van der Waals surface area (Å²) in [4.78, 5) is 0. The Labute approximate surface area is 131 Å². The predicted octanol–water partition coefficient (Wildman–Crippen LogP) is 4.17. The first-order valence-corrected chi connectivity index (χ1v) is 7.16. The molecule has 0 aliphatic heterocycles. The van der Waals surface area contributed by atoms with Gasteiger partial charge in [0.05, 0.1) is 29.8 Å². The van der Waals surface area contributed by atoms with Crippen molar-refractivity contribution in [2.45, 2.75) is 6.04 Å². The van der Waals surface area contributed by atoms with Crippen molar-refractivity contribution in [3.63, 3.8) is 0 Å². The molecule has 0 saturated heterocycles. The monoisotopic (exact) mass is 355 g/mol. The van der Waals surface area contributed by atoms with Crippen molar-refractivity contribution in [1.82, 2.24) is 0 Å². The number of nitrogens with two attached hydrogens (primary N) is 1. The Kier molecular flexibility index (Phi) is 4.91. The van der Waals surface area contributed by atoms with Crippen LogP contribution >= 0.6 is 27.5 Å².